The lowest BCUT2D eigenvalue weighted by molar-refractivity contribution is -0.137. The first-order valence-corrected chi connectivity index (χ1v) is 8.84. The molecule has 1 atom stereocenters. The van der Waals surface area contributed by atoms with Crippen LogP contribution in [0.2, 0.25) is 0 Å². The second-order valence-electron chi connectivity index (χ2n) is 6.57. The number of imide groups is 1. The Morgan fingerprint density at radius 1 is 1.07 bits per heavy atom. The molecule has 0 unspecified atom stereocenters. The molecule has 3 rings (SSSR count). The van der Waals surface area contributed by atoms with E-state index in [2.05, 4.69) is 10.6 Å². The molecule has 1 fully saturated rings. The highest BCUT2D eigenvalue weighted by molar-refractivity contribution is 6.10. The van der Waals surface area contributed by atoms with Gasteiger partial charge >= 0.3 is 12.2 Å². The summed E-state index contributed by atoms with van der Waals surface area (Å²) in [5, 5.41) is 5.05. The predicted octanol–water partition coefficient (Wildman–Crippen LogP) is 3.50. The fourth-order valence-electron chi connectivity index (χ4n) is 3.22. The normalized spacial score (nSPS) is 19.2. The van der Waals surface area contributed by atoms with Crippen LogP contribution in [-0.4, -0.2) is 29.3 Å². The van der Waals surface area contributed by atoms with E-state index in [1.165, 1.54) is 0 Å². The molecule has 0 aliphatic carbocycles. The largest absolute Gasteiger partial charge is 0.416 e. The number of alkyl halides is 3. The summed E-state index contributed by atoms with van der Waals surface area (Å²) in [5.41, 5.74) is -1.38. The summed E-state index contributed by atoms with van der Waals surface area (Å²) in [6.07, 6.45) is -4.19. The number of nitrogens with one attached hydrogen (secondary N) is 2. The monoisotopic (exact) mass is 405 g/mol. The van der Waals surface area contributed by atoms with Crippen molar-refractivity contribution in [2.45, 2.75) is 25.1 Å². The van der Waals surface area contributed by atoms with Crippen molar-refractivity contribution in [2.24, 2.45) is 0 Å². The van der Waals surface area contributed by atoms with Crippen molar-refractivity contribution in [3.05, 3.63) is 65.7 Å². The lowest BCUT2D eigenvalue weighted by atomic mass is 9.87. The van der Waals surface area contributed by atoms with Gasteiger partial charge in [-0.25, -0.2) is 4.79 Å². The molecule has 2 N–H and O–H groups in total. The fourth-order valence-corrected chi connectivity index (χ4v) is 3.22. The SMILES string of the molecule is CC[C@]1(c2ccccc2)NC(=O)N(CC(=O)Nc2ccc(C(F)(F)F)cc2)C1=O. The fraction of sp³-hybridized carbons (Fsp3) is 0.250. The minimum absolute atomic E-state index is 0.125. The Bertz CT molecular complexity index is 929. The number of nitrogens with zero attached hydrogens (tertiary/aromatic N) is 1. The van der Waals surface area contributed by atoms with Crippen LogP contribution in [0.15, 0.2) is 54.6 Å². The van der Waals surface area contributed by atoms with E-state index in [1.54, 1.807) is 37.3 Å². The first-order chi connectivity index (χ1) is 13.7. The van der Waals surface area contributed by atoms with Gasteiger partial charge in [0.25, 0.3) is 5.91 Å². The number of carbonyl (C=O) groups excluding carboxylic acids is 3. The molecule has 0 aromatic heterocycles. The van der Waals surface area contributed by atoms with E-state index in [1.807, 2.05) is 0 Å². The number of halogens is 3. The number of hydrogen-bond donors (Lipinski definition) is 2. The van der Waals surface area contributed by atoms with E-state index in [0.717, 1.165) is 29.2 Å². The summed E-state index contributed by atoms with van der Waals surface area (Å²) in [4.78, 5) is 38.4. The summed E-state index contributed by atoms with van der Waals surface area (Å²) in [7, 11) is 0. The van der Waals surface area contributed by atoms with E-state index in [9.17, 15) is 27.6 Å². The van der Waals surface area contributed by atoms with Gasteiger partial charge in [0.1, 0.15) is 12.1 Å². The Labute approximate surface area is 164 Å². The van der Waals surface area contributed by atoms with Gasteiger partial charge in [-0.05, 0) is 36.2 Å². The van der Waals surface area contributed by atoms with E-state index in [4.69, 9.17) is 0 Å². The zero-order valence-electron chi connectivity index (χ0n) is 15.4. The number of rotatable bonds is 5. The third-order valence-electron chi connectivity index (χ3n) is 4.77. The molecular weight excluding hydrogens is 387 g/mol. The number of anilines is 1. The smallest absolute Gasteiger partial charge is 0.325 e. The van der Waals surface area contributed by atoms with Crippen LogP contribution < -0.4 is 10.6 Å². The van der Waals surface area contributed by atoms with Gasteiger partial charge in [0, 0.05) is 5.69 Å². The molecule has 0 spiro atoms. The first kappa shape index (κ1) is 20.4. The predicted molar refractivity (Wildman–Crippen MR) is 98.7 cm³/mol. The molecule has 0 radical (unpaired) electrons. The molecular formula is C20H18F3N3O3. The molecule has 1 saturated heterocycles. The summed E-state index contributed by atoms with van der Waals surface area (Å²) < 4.78 is 37.8. The van der Waals surface area contributed by atoms with E-state index in [0.29, 0.717) is 12.0 Å². The van der Waals surface area contributed by atoms with Crippen molar-refractivity contribution in [3.8, 4) is 0 Å². The summed E-state index contributed by atoms with van der Waals surface area (Å²) >= 11 is 0. The molecule has 6 nitrogen and oxygen atoms in total. The van der Waals surface area contributed by atoms with Gasteiger partial charge in [-0.3, -0.25) is 14.5 Å². The van der Waals surface area contributed by atoms with Crippen LogP contribution in [0, 0.1) is 0 Å². The highest BCUT2D eigenvalue weighted by atomic mass is 19.4. The van der Waals surface area contributed by atoms with E-state index in [-0.39, 0.29) is 5.69 Å². The average Bonchev–Trinajstić information content (AvgIpc) is 2.93. The maximum Gasteiger partial charge on any atom is 0.416 e. The topological polar surface area (TPSA) is 78.5 Å². The van der Waals surface area contributed by atoms with Gasteiger partial charge in [0.2, 0.25) is 5.91 Å². The van der Waals surface area contributed by atoms with Crippen molar-refractivity contribution in [1.82, 2.24) is 10.2 Å². The minimum Gasteiger partial charge on any atom is -0.325 e. The zero-order chi connectivity index (χ0) is 21.2. The van der Waals surface area contributed by atoms with Gasteiger partial charge in [-0.1, -0.05) is 37.3 Å². The number of hydrogen-bond acceptors (Lipinski definition) is 3. The van der Waals surface area contributed by atoms with Crippen molar-refractivity contribution in [2.75, 3.05) is 11.9 Å². The number of urea groups is 1. The summed E-state index contributed by atoms with van der Waals surface area (Å²) in [6, 6.07) is 11.9. The lowest BCUT2D eigenvalue weighted by Crippen LogP contribution is -2.44. The maximum absolute atomic E-state index is 12.9. The van der Waals surface area contributed by atoms with Crippen molar-refractivity contribution < 1.29 is 27.6 Å². The summed E-state index contributed by atoms with van der Waals surface area (Å²) in [6.45, 7) is 1.19. The Morgan fingerprint density at radius 2 is 1.69 bits per heavy atom. The highest BCUT2D eigenvalue weighted by Gasteiger charge is 2.51. The van der Waals surface area contributed by atoms with Crippen LogP contribution in [-0.2, 0) is 21.3 Å². The van der Waals surface area contributed by atoms with E-state index >= 15 is 0 Å². The van der Waals surface area contributed by atoms with Crippen LogP contribution in [0.3, 0.4) is 0 Å². The third kappa shape index (κ3) is 3.94. The second-order valence-corrected chi connectivity index (χ2v) is 6.57. The molecule has 1 aliphatic heterocycles. The molecule has 0 bridgehead atoms. The van der Waals surface area contributed by atoms with Crippen LogP contribution >= 0.6 is 0 Å². The van der Waals surface area contributed by atoms with Gasteiger partial charge in [0.05, 0.1) is 5.56 Å². The number of carbonyl (C=O) groups is 3. The Balaban J connectivity index is 1.72. The second kappa shape index (κ2) is 7.57. The Morgan fingerprint density at radius 3 is 2.24 bits per heavy atom. The standard InChI is InChI=1S/C20H18F3N3O3/c1-2-19(13-6-4-3-5-7-13)17(28)26(18(29)25-19)12-16(27)24-15-10-8-14(9-11-15)20(21,22)23/h3-11H,2,12H2,1H3,(H,24,27)(H,25,29)/t19-/m1/s1. The Hall–Kier alpha value is -3.36. The molecule has 29 heavy (non-hydrogen) atoms. The maximum atomic E-state index is 12.9. The quantitative estimate of drug-likeness (QED) is 0.748. The van der Waals surface area contributed by atoms with Gasteiger partial charge in [-0.2, -0.15) is 13.2 Å². The molecule has 1 heterocycles. The van der Waals surface area contributed by atoms with Gasteiger partial charge in [-0.15, -0.1) is 0 Å². The van der Waals surface area contributed by atoms with Crippen molar-refractivity contribution >= 4 is 23.5 Å². The molecule has 4 amide bonds. The molecule has 1 aliphatic rings. The van der Waals surface area contributed by atoms with Gasteiger partial charge in [0.15, 0.2) is 0 Å². The molecule has 2 aromatic carbocycles. The van der Waals surface area contributed by atoms with Crippen LogP contribution in [0.4, 0.5) is 23.7 Å². The third-order valence-corrected chi connectivity index (χ3v) is 4.77. The first-order valence-electron chi connectivity index (χ1n) is 8.84. The van der Waals surface area contributed by atoms with E-state index < -0.39 is 41.7 Å². The number of amides is 4. The average molecular weight is 405 g/mol. The van der Waals surface area contributed by atoms with Gasteiger partial charge < -0.3 is 10.6 Å². The molecule has 152 valence electrons. The lowest BCUT2D eigenvalue weighted by Gasteiger charge is -2.25. The molecule has 2 aromatic rings. The van der Waals surface area contributed by atoms with Crippen LogP contribution in [0.25, 0.3) is 0 Å². The van der Waals surface area contributed by atoms with Crippen molar-refractivity contribution in [3.63, 3.8) is 0 Å². The molecule has 9 heteroatoms. The minimum atomic E-state index is -4.48. The van der Waals surface area contributed by atoms with Crippen LogP contribution in [0.5, 0.6) is 0 Å². The zero-order valence-corrected chi connectivity index (χ0v) is 15.4. The summed E-state index contributed by atoms with van der Waals surface area (Å²) in [5.74, 6) is -1.26. The highest BCUT2D eigenvalue weighted by Crippen LogP contribution is 2.32. The Kier molecular flexibility index (Phi) is 5.32. The van der Waals surface area contributed by atoms with Crippen molar-refractivity contribution in [1.29, 1.82) is 0 Å². The number of benzene rings is 2. The van der Waals surface area contributed by atoms with Crippen LogP contribution in [0.1, 0.15) is 24.5 Å². The molecule has 0 saturated carbocycles.